The first kappa shape index (κ1) is 15.9. The number of likely N-dealkylation sites (tertiary alicyclic amines) is 1. The van der Waals surface area contributed by atoms with Crippen molar-refractivity contribution in [3.63, 3.8) is 0 Å². The van der Waals surface area contributed by atoms with Gasteiger partial charge >= 0.3 is 5.97 Å². The molecule has 0 spiro atoms. The fourth-order valence-electron chi connectivity index (χ4n) is 2.48. The third-order valence-corrected chi connectivity index (χ3v) is 4.32. The standard InChI is InChI=1S/C14H16Cl2N2O3/c15-10-6-9(7-11(16)13(10)17)14(21)18-3-1-8(2-4-18)5-12(19)20/h6-8H,1-5,17H2,(H,19,20). The van der Waals surface area contributed by atoms with Crippen LogP contribution in [0.3, 0.4) is 0 Å². The number of aliphatic carboxylic acids is 1. The van der Waals surface area contributed by atoms with Gasteiger partial charge in [-0.3, -0.25) is 9.59 Å². The van der Waals surface area contributed by atoms with Crippen LogP contribution in [0.5, 0.6) is 0 Å². The predicted molar refractivity (Wildman–Crippen MR) is 81.8 cm³/mol. The first-order valence-corrected chi connectivity index (χ1v) is 7.39. The normalized spacial score (nSPS) is 16.0. The number of hydrogen-bond acceptors (Lipinski definition) is 3. The molecule has 0 unspecified atom stereocenters. The van der Waals surface area contributed by atoms with Gasteiger partial charge in [-0.1, -0.05) is 23.2 Å². The van der Waals surface area contributed by atoms with Crippen LogP contribution in [0.4, 0.5) is 5.69 Å². The Hall–Kier alpha value is -1.46. The number of hydrogen-bond donors (Lipinski definition) is 2. The van der Waals surface area contributed by atoms with Gasteiger partial charge in [-0.2, -0.15) is 0 Å². The molecule has 114 valence electrons. The van der Waals surface area contributed by atoms with Crippen LogP contribution < -0.4 is 5.73 Å². The highest BCUT2D eigenvalue weighted by atomic mass is 35.5. The third-order valence-electron chi connectivity index (χ3n) is 3.69. The number of piperidine rings is 1. The fourth-order valence-corrected chi connectivity index (χ4v) is 2.96. The van der Waals surface area contributed by atoms with Gasteiger partial charge in [0.25, 0.3) is 5.91 Å². The van der Waals surface area contributed by atoms with E-state index in [4.69, 9.17) is 34.0 Å². The summed E-state index contributed by atoms with van der Waals surface area (Å²) >= 11 is 11.9. The van der Waals surface area contributed by atoms with Crippen molar-refractivity contribution in [3.05, 3.63) is 27.7 Å². The first-order chi connectivity index (χ1) is 9.88. The lowest BCUT2D eigenvalue weighted by molar-refractivity contribution is -0.138. The average Bonchev–Trinajstić information content (AvgIpc) is 2.43. The summed E-state index contributed by atoms with van der Waals surface area (Å²) in [7, 11) is 0. The number of nitrogen functional groups attached to an aromatic ring is 1. The summed E-state index contributed by atoms with van der Waals surface area (Å²) in [4.78, 5) is 24.8. The van der Waals surface area contributed by atoms with Crippen LogP contribution in [-0.4, -0.2) is 35.0 Å². The van der Waals surface area contributed by atoms with Gasteiger partial charge in [0, 0.05) is 25.1 Å². The zero-order chi connectivity index (χ0) is 15.6. The lowest BCUT2D eigenvalue weighted by atomic mass is 9.93. The van der Waals surface area contributed by atoms with Crippen molar-refractivity contribution in [2.24, 2.45) is 5.92 Å². The third kappa shape index (κ3) is 3.80. The maximum absolute atomic E-state index is 12.4. The largest absolute Gasteiger partial charge is 0.481 e. The number of carboxylic acid groups (broad SMARTS) is 1. The summed E-state index contributed by atoms with van der Waals surface area (Å²) in [6.07, 6.45) is 1.53. The zero-order valence-corrected chi connectivity index (χ0v) is 12.8. The summed E-state index contributed by atoms with van der Waals surface area (Å²) in [5.74, 6) is -0.824. The highest BCUT2D eigenvalue weighted by Gasteiger charge is 2.25. The van der Waals surface area contributed by atoms with E-state index in [2.05, 4.69) is 0 Å². The van der Waals surface area contributed by atoms with E-state index >= 15 is 0 Å². The van der Waals surface area contributed by atoms with Gasteiger partial charge in [0.15, 0.2) is 0 Å². The Morgan fingerprint density at radius 1 is 1.24 bits per heavy atom. The number of rotatable bonds is 3. The molecule has 1 saturated heterocycles. The van der Waals surface area contributed by atoms with E-state index in [1.165, 1.54) is 12.1 Å². The van der Waals surface area contributed by atoms with Gasteiger partial charge in [0.2, 0.25) is 0 Å². The summed E-state index contributed by atoms with van der Waals surface area (Å²) in [6.45, 7) is 1.08. The highest BCUT2D eigenvalue weighted by molar-refractivity contribution is 6.39. The molecule has 7 heteroatoms. The molecular formula is C14H16Cl2N2O3. The average molecular weight is 331 g/mol. The number of carbonyl (C=O) groups is 2. The van der Waals surface area contributed by atoms with Crippen molar-refractivity contribution in [2.75, 3.05) is 18.8 Å². The molecule has 0 aromatic heterocycles. The summed E-state index contributed by atoms with van der Waals surface area (Å²) in [5.41, 5.74) is 6.31. The Morgan fingerprint density at radius 3 is 2.24 bits per heavy atom. The minimum Gasteiger partial charge on any atom is -0.481 e. The van der Waals surface area contributed by atoms with E-state index in [9.17, 15) is 9.59 Å². The van der Waals surface area contributed by atoms with Crippen molar-refractivity contribution in [2.45, 2.75) is 19.3 Å². The van der Waals surface area contributed by atoms with E-state index in [1.54, 1.807) is 4.90 Å². The van der Waals surface area contributed by atoms with E-state index in [0.717, 1.165) is 0 Å². The summed E-state index contributed by atoms with van der Waals surface area (Å²) < 4.78 is 0. The molecule has 1 aromatic carbocycles. The van der Waals surface area contributed by atoms with Gasteiger partial charge < -0.3 is 15.7 Å². The van der Waals surface area contributed by atoms with E-state index < -0.39 is 5.97 Å². The molecule has 1 fully saturated rings. The molecule has 0 saturated carbocycles. The maximum Gasteiger partial charge on any atom is 0.303 e. The Balaban J connectivity index is 2.04. The minimum atomic E-state index is -0.795. The Labute approximate surface area is 132 Å². The second kappa shape index (κ2) is 6.54. The number of amides is 1. The smallest absolute Gasteiger partial charge is 0.303 e. The number of anilines is 1. The molecule has 0 aliphatic carbocycles. The molecule has 1 aliphatic rings. The molecule has 1 heterocycles. The summed E-state index contributed by atoms with van der Waals surface area (Å²) in [5, 5.41) is 9.30. The zero-order valence-electron chi connectivity index (χ0n) is 11.3. The number of carboxylic acids is 1. The molecule has 3 N–H and O–H groups in total. The monoisotopic (exact) mass is 330 g/mol. The number of halogens is 2. The molecule has 0 bridgehead atoms. The first-order valence-electron chi connectivity index (χ1n) is 6.64. The van der Waals surface area contributed by atoms with Crippen molar-refractivity contribution < 1.29 is 14.7 Å². The second-order valence-electron chi connectivity index (χ2n) is 5.19. The van der Waals surface area contributed by atoms with Gasteiger partial charge in [0.05, 0.1) is 15.7 Å². The molecule has 1 amide bonds. The van der Waals surface area contributed by atoms with E-state index in [0.29, 0.717) is 31.5 Å². The Kier molecular flexibility index (Phi) is 4.96. The highest BCUT2D eigenvalue weighted by Crippen LogP contribution is 2.30. The van der Waals surface area contributed by atoms with Crippen molar-refractivity contribution in [1.29, 1.82) is 0 Å². The molecular weight excluding hydrogens is 315 g/mol. The molecule has 0 radical (unpaired) electrons. The molecule has 1 aliphatic heterocycles. The van der Waals surface area contributed by atoms with E-state index in [1.807, 2.05) is 0 Å². The quantitative estimate of drug-likeness (QED) is 0.834. The number of carbonyl (C=O) groups excluding carboxylic acids is 1. The molecule has 2 rings (SSSR count). The van der Waals surface area contributed by atoms with Crippen LogP contribution in [0.25, 0.3) is 0 Å². The van der Waals surface area contributed by atoms with Crippen LogP contribution >= 0.6 is 23.2 Å². The SMILES string of the molecule is Nc1c(Cl)cc(C(=O)N2CCC(CC(=O)O)CC2)cc1Cl. The molecule has 1 aromatic rings. The minimum absolute atomic E-state index is 0.130. The van der Waals surface area contributed by atoms with Gasteiger partial charge in [-0.25, -0.2) is 0 Å². The number of nitrogens with zero attached hydrogens (tertiary/aromatic N) is 1. The van der Waals surface area contributed by atoms with Gasteiger partial charge in [0.1, 0.15) is 0 Å². The van der Waals surface area contributed by atoms with Crippen LogP contribution in [0, 0.1) is 5.92 Å². The van der Waals surface area contributed by atoms with Crippen LogP contribution in [0.1, 0.15) is 29.6 Å². The van der Waals surface area contributed by atoms with Gasteiger partial charge in [-0.15, -0.1) is 0 Å². The molecule has 21 heavy (non-hydrogen) atoms. The Morgan fingerprint density at radius 2 is 1.76 bits per heavy atom. The predicted octanol–water partition coefficient (Wildman–Crippen LogP) is 2.90. The molecule has 5 nitrogen and oxygen atoms in total. The lowest BCUT2D eigenvalue weighted by Crippen LogP contribution is -2.38. The van der Waals surface area contributed by atoms with Crippen molar-refractivity contribution in [3.8, 4) is 0 Å². The van der Waals surface area contributed by atoms with Gasteiger partial charge in [-0.05, 0) is 30.9 Å². The lowest BCUT2D eigenvalue weighted by Gasteiger charge is -2.31. The Bertz CT molecular complexity index is 546. The second-order valence-corrected chi connectivity index (χ2v) is 6.00. The fraction of sp³-hybridized carbons (Fsp3) is 0.429. The van der Waals surface area contributed by atoms with Crippen molar-refractivity contribution >= 4 is 40.8 Å². The maximum atomic E-state index is 12.4. The van der Waals surface area contributed by atoms with Crippen LogP contribution in [-0.2, 0) is 4.79 Å². The summed E-state index contributed by atoms with van der Waals surface area (Å²) in [6, 6.07) is 3.02. The molecule has 0 atom stereocenters. The van der Waals surface area contributed by atoms with Crippen LogP contribution in [0.2, 0.25) is 10.0 Å². The van der Waals surface area contributed by atoms with Crippen LogP contribution in [0.15, 0.2) is 12.1 Å². The topological polar surface area (TPSA) is 83.6 Å². The number of benzene rings is 1. The van der Waals surface area contributed by atoms with Crippen molar-refractivity contribution in [1.82, 2.24) is 4.90 Å². The van der Waals surface area contributed by atoms with E-state index in [-0.39, 0.29) is 34.0 Å². The number of nitrogens with two attached hydrogens (primary N) is 1.